The van der Waals surface area contributed by atoms with Crippen LogP contribution in [0, 0.1) is 5.92 Å². The molecule has 176 valence electrons. The van der Waals surface area contributed by atoms with Gasteiger partial charge in [-0.15, -0.1) is 0 Å². The van der Waals surface area contributed by atoms with Crippen molar-refractivity contribution < 1.29 is 19.1 Å². The van der Waals surface area contributed by atoms with Crippen molar-refractivity contribution in [2.45, 2.75) is 44.9 Å². The summed E-state index contributed by atoms with van der Waals surface area (Å²) < 4.78 is 11.2. The molecule has 1 N–H and O–H groups in total. The first-order valence-electron chi connectivity index (χ1n) is 12.0. The molecule has 0 radical (unpaired) electrons. The summed E-state index contributed by atoms with van der Waals surface area (Å²) in [4.78, 5) is 27.5. The van der Waals surface area contributed by atoms with Crippen LogP contribution >= 0.6 is 0 Å². The Morgan fingerprint density at radius 2 is 1.79 bits per heavy atom. The number of hydrogen-bond acceptors (Lipinski definition) is 4. The Kier molecular flexibility index (Phi) is 7.33. The van der Waals surface area contributed by atoms with Crippen LogP contribution in [0.3, 0.4) is 0 Å². The van der Waals surface area contributed by atoms with Gasteiger partial charge in [0.15, 0.2) is 0 Å². The van der Waals surface area contributed by atoms with Gasteiger partial charge in [-0.3, -0.25) is 9.59 Å². The first-order chi connectivity index (χ1) is 16.0. The van der Waals surface area contributed by atoms with Crippen molar-refractivity contribution in [1.29, 1.82) is 0 Å². The first-order valence-corrected chi connectivity index (χ1v) is 12.0. The van der Waals surface area contributed by atoms with Crippen molar-refractivity contribution in [3.63, 3.8) is 0 Å². The van der Waals surface area contributed by atoms with Gasteiger partial charge in [0.1, 0.15) is 5.75 Å². The first kappa shape index (κ1) is 23.3. The van der Waals surface area contributed by atoms with Crippen molar-refractivity contribution >= 4 is 17.5 Å². The molecule has 2 aliphatic heterocycles. The topological polar surface area (TPSA) is 67.9 Å². The minimum atomic E-state index is -0.333. The lowest BCUT2D eigenvalue weighted by Gasteiger charge is -2.38. The Labute approximate surface area is 196 Å². The SMILES string of the molecule is CCOc1ccc(C2(CNC(=O)C3CC(=O)N(c4ccc(CC)cc4)C3)CCOCC2)cc1. The maximum Gasteiger partial charge on any atom is 0.227 e. The van der Waals surface area contributed by atoms with E-state index in [9.17, 15) is 9.59 Å². The normalized spacial score (nSPS) is 20.0. The maximum atomic E-state index is 13.1. The molecule has 6 nitrogen and oxygen atoms in total. The van der Waals surface area contributed by atoms with E-state index in [0.717, 1.165) is 30.7 Å². The average molecular weight is 451 g/mol. The number of hydrogen-bond donors (Lipinski definition) is 1. The molecule has 1 unspecified atom stereocenters. The lowest BCUT2D eigenvalue weighted by atomic mass is 9.74. The van der Waals surface area contributed by atoms with Crippen molar-refractivity contribution in [3.05, 3.63) is 59.7 Å². The van der Waals surface area contributed by atoms with Crippen LogP contribution in [0.15, 0.2) is 48.5 Å². The number of ether oxygens (including phenoxy) is 2. The number of amides is 2. The number of nitrogens with one attached hydrogen (secondary N) is 1. The summed E-state index contributed by atoms with van der Waals surface area (Å²) in [5, 5.41) is 3.18. The fourth-order valence-electron chi connectivity index (χ4n) is 4.85. The number of carbonyl (C=O) groups excluding carboxylic acids is 2. The van der Waals surface area contributed by atoms with Gasteiger partial charge in [-0.05, 0) is 61.6 Å². The van der Waals surface area contributed by atoms with Gasteiger partial charge in [-0.25, -0.2) is 0 Å². The molecule has 4 rings (SSSR count). The highest BCUT2D eigenvalue weighted by Gasteiger charge is 2.38. The van der Waals surface area contributed by atoms with Crippen LogP contribution in [-0.4, -0.2) is 44.7 Å². The van der Waals surface area contributed by atoms with E-state index in [1.165, 1.54) is 11.1 Å². The Balaban J connectivity index is 1.41. The van der Waals surface area contributed by atoms with Crippen molar-refractivity contribution in [1.82, 2.24) is 5.32 Å². The molecule has 0 aromatic heterocycles. The standard InChI is InChI=1S/C27H34N2O4/c1-3-20-5-9-23(10-6-20)29-18-21(17-25(29)30)26(31)28-19-27(13-15-32-16-14-27)22-7-11-24(12-8-22)33-4-2/h5-12,21H,3-4,13-19H2,1-2H3,(H,28,31). The highest BCUT2D eigenvalue weighted by molar-refractivity contribution is 6.00. The third kappa shape index (κ3) is 5.22. The van der Waals surface area contributed by atoms with Crippen molar-refractivity contribution in [2.75, 3.05) is 37.8 Å². The van der Waals surface area contributed by atoms with E-state index in [-0.39, 0.29) is 29.6 Å². The molecule has 2 fully saturated rings. The maximum absolute atomic E-state index is 13.1. The fraction of sp³-hybridized carbons (Fsp3) is 0.481. The monoisotopic (exact) mass is 450 g/mol. The minimum Gasteiger partial charge on any atom is -0.494 e. The van der Waals surface area contributed by atoms with Crippen LogP contribution in [0.5, 0.6) is 5.75 Å². The van der Waals surface area contributed by atoms with E-state index < -0.39 is 0 Å². The highest BCUT2D eigenvalue weighted by atomic mass is 16.5. The molecular weight excluding hydrogens is 416 g/mol. The van der Waals surface area contributed by atoms with Crippen LogP contribution in [0.1, 0.15) is 44.2 Å². The van der Waals surface area contributed by atoms with Gasteiger partial charge >= 0.3 is 0 Å². The summed E-state index contributed by atoms with van der Waals surface area (Å²) in [5.74, 6) is 0.476. The molecule has 0 spiro atoms. The van der Waals surface area contributed by atoms with Gasteiger partial charge in [-0.2, -0.15) is 0 Å². The van der Waals surface area contributed by atoms with E-state index >= 15 is 0 Å². The molecule has 2 amide bonds. The van der Waals surface area contributed by atoms with Crippen LogP contribution in [0.2, 0.25) is 0 Å². The number of carbonyl (C=O) groups is 2. The van der Waals surface area contributed by atoms with Crippen LogP contribution < -0.4 is 15.0 Å². The van der Waals surface area contributed by atoms with Gasteiger partial charge in [-0.1, -0.05) is 31.2 Å². The molecule has 2 heterocycles. The number of benzene rings is 2. The molecule has 0 saturated carbocycles. The second kappa shape index (κ2) is 10.4. The number of rotatable bonds is 8. The molecule has 0 bridgehead atoms. The van der Waals surface area contributed by atoms with Crippen molar-refractivity contribution in [3.8, 4) is 5.75 Å². The second-order valence-electron chi connectivity index (χ2n) is 8.99. The quantitative estimate of drug-likeness (QED) is 0.663. The Morgan fingerprint density at radius 1 is 1.09 bits per heavy atom. The largest absolute Gasteiger partial charge is 0.494 e. The Hall–Kier alpha value is -2.86. The molecule has 1 atom stereocenters. The van der Waals surface area contributed by atoms with E-state index in [0.29, 0.717) is 32.9 Å². The van der Waals surface area contributed by atoms with Crippen LogP contribution in [0.4, 0.5) is 5.69 Å². The molecule has 0 aliphatic carbocycles. The highest BCUT2D eigenvalue weighted by Crippen LogP contribution is 2.35. The smallest absolute Gasteiger partial charge is 0.227 e. The van der Waals surface area contributed by atoms with Crippen LogP contribution in [0.25, 0.3) is 0 Å². The molecule has 6 heteroatoms. The van der Waals surface area contributed by atoms with Crippen molar-refractivity contribution in [2.24, 2.45) is 5.92 Å². The summed E-state index contributed by atoms with van der Waals surface area (Å²) in [5.41, 5.74) is 3.12. The third-order valence-electron chi connectivity index (χ3n) is 6.98. The molecule has 2 saturated heterocycles. The van der Waals surface area contributed by atoms with E-state index in [1.807, 2.05) is 43.3 Å². The Bertz CT molecular complexity index is 949. The summed E-state index contributed by atoms with van der Waals surface area (Å²) in [7, 11) is 0. The zero-order valence-corrected chi connectivity index (χ0v) is 19.6. The number of aryl methyl sites for hydroxylation is 1. The zero-order chi connectivity index (χ0) is 23.3. The van der Waals surface area contributed by atoms with E-state index in [4.69, 9.17) is 9.47 Å². The lowest BCUT2D eigenvalue weighted by molar-refractivity contribution is -0.126. The zero-order valence-electron chi connectivity index (χ0n) is 19.6. The molecular formula is C27H34N2O4. The fourth-order valence-corrected chi connectivity index (χ4v) is 4.85. The van der Waals surface area contributed by atoms with Gasteiger partial charge in [0.25, 0.3) is 0 Å². The predicted octanol–water partition coefficient (Wildman–Crippen LogP) is 3.87. The van der Waals surface area contributed by atoms with Crippen LogP contribution in [-0.2, 0) is 26.2 Å². The molecule has 2 aromatic rings. The third-order valence-corrected chi connectivity index (χ3v) is 6.98. The second-order valence-corrected chi connectivity index (χ2v) is 8.99. The summed E-state index contributed by atoms with van der Waals surface area (Å²) in [6.07, 6.45) is 2.91. The average Bonchev–Trinajstić information content (AvgIpc) is 3.25. The van der Waals surface area contributed by atoms with Gasteiger partial charge in [0.2, 0.25) is 11.8 Å². The summed E-state index contributed by atoms with van der Waals surface area (Å²) in [6.45, 7) is 7.02. The van der Waals surface area contributed by atoms with Gasteiger partial charge < -0.3 is 19.7 Å². The summed E-state index contributed by atoms with van der Waals surface area (Å²) in [6, 6.07) is 16.2. The van der Waals surface area contributed by atoms with E-state index in [2.05, 4.69) is 24.4 Å². The number of anilines is 1. The number of nitrogens with zero attached hydrogens (tertiary/aromatic N) is 1. The molecule has 2 aromatic carbocycles. The van der Waals surface area contributed by atoms with Gasteiger partial charge in [0.05, 0.1) is 12.5 Å². The summed E-state index contributed by atoms with van der Waals surface area (Å²) >= 11 is 0. The predicted molar refractivity (Wildman–Crippen MR) is 129 cm³/mol. The minimum absolute atomic E-state index is 0.00620. The van der Waals surface area contributed by atoms with Gasteiger partial charge in [0, 0.05) is 43.8 Å². The molecule has 33 heavy (non-hydrogen) atoms. The molecule has 2 aliphatic rings. The lowest BCUT2D eigenvalue weighted by Crippen LogP contribution is -2.46. The Morgan fingerprint density at radius 3 is 2.42 bits per heavy atom. The van der Waals surface area contributed by atoms with E-state index in [1.54, 1.807) is 4.90 Å².